The van der Waals surface area contributed by atoms with Crippen molar-refractivity contribution in [3.63, 3.8) is 0 Å². The molecule has 0 spiro atoms. The minimum atomic E-state index is 0.0997. The quantitative estimate of drug-likeness (QED) is 0.300. The number of amidine groups is 1. The largest absolute Gasteiger partial charge is 0.497 e. The Kier molecular flexibility index (Phi) is 5.95. The maximum absolute atomic E-state index is 8.51. The van der Waals surface area contributed by atoms with Crippen molar-refractivity contribution < 1.29 is 14.7 Å². The molecule has 0 aliphatic rings. The minimum absolute atomic E-state index is 0.0997. The number of ether oxygens (including phenoxy) is 2. The lowest BCUT2D eigenvalue weighted by Gasteiger charge is -2.15. The zero-order valence-electron chi connectivity index (χ0n) is 11.5. The van der Waals surface area contributed by atoms with E-state index in [-0.39, 0.29) is 11.9 Å². The van der Waals surface area contributed by atoms with Crippen molar-refractivity contribution in [1.29, 1.82) is 0 Å². The van der Waals surface area contributed by atoms with Gasteiger partial charge < -0.3 is 25.7 Å². The van der Waals surface area contributed by atoms with Gasteiger partial charge in [-0.15, -0.1) is 0 Å². The van der Waals surface area contributed by atoms with Crippen LogP contribution in [0.2, 0.25) is 0 Å². The molecule has 0 saturated heterocycles. The van der Waals surface area contributed by atoms with Crippen molar-refractivity contribution in [2.75, 3.05) is 14.2 Å². The Morgan fingerprint density at radius 2 is 2.16 bits per heavy atom. The fourth-order valence-electron chi connectivity index (χ4n) is 1.71. The normalized spacial score (nSPS) is 13.1. The van der Waals surface area contributed by atoms with Crippen LogP contribution in [-0.2, 0) is 6.54 Å². The SMILES string of the molecule is COc1ccc(CNC(C)CC(N)=NO)c(OC)c1. The smallest absolute Gasteiger partial charge is 0.140 e. The van der Waals surface area contributed by atoms with E-state index in [1.54, 1.807) is 14.2 Å². The average Bonchev–Trinajstić information content (AvgIpc) is 2.44. The van der Waals surface area contributed by atoms with Crippen molar-refractivity contribution >= 4 is 5.84 Å². The second-order valence-corrected chi connectivity index (χ2v) is 4.26. The van der Waals surface area contributed by atoms with Gasteiger partial charge in [0.25, 0.3) is 0 Å². The van der Waals surface area contributed by atoms with Crippen molar-refractivity contribution in [3.8, 4) is 11.5 Å². The van der Waals surface area contributed by atoms with E-state index in [9.17, 15) is 0 Å². The summed E-state index contributed by atoms with van der Waals surface area (Å²) in [4.78, 5) is 0. The highest BCUT2D eigenvalue weighted by atomic mass is 16.5. The third kappa shape index (κ3) is 4.67. The topological polar surface area (TPSA) is 89.1 Å². The van der Waals surface area contributed by atoms with E-state index in [1.165, 1.54) is 0 Å². The third-order valence-corrected chi connectivity index (χ3v) is 2.78. The molecule has 6 nitrogen and oxygen atoms in total. The lowest BCUT2D eigenvalue weighted by Crippen LogP contribution is -2.30. The summed E-state index contributed by atoms with van der Waals surface area (Å²) in [5, 5.41) is 14.7. The Morgan fingerprint density at radius 3 is 2.74 bits per heavy atom. The van der Waals surface area contributed by atoms with Gasteiger partial charge in [0.2, 0.25) is 0 Å². The minimum Gasteiger partial charge on any atom is -0.497 e. The molecular weight excluding hydrogens is 246 g/mol. The fourth-order valence-corrected chi connectivity index (χ4v) is 1.71. The van der Waals surface area contributed by atoms with E-state index in [0.717, 1.165) is 17.1 Å². The molecule has 0 heterocycles. The molecule has 0 aliphatic heterocycles. The van der Waals surface area contributed by atoms with Crippen LogP contribution in [0.1, 0.15) is 18.9 Å². The number of oxime groups is 1. The number of nitrogens with one attached hydrogen (secondary N) is 1. The number of hydrogen-bond donors (Lipinski definition) is 3. The summed E-state index contributed by atoms with van der Waals surface area (Å²) in [7, 11) is 3.24. The van der Waals surface area contributed by atoms with Crippen LogP contribution >= 0.6 is 0 Å². The fraction of sp³-hybridized carbons (Fsp3) is 0.462. The van der Waals surface area contributed by atoms with Crippen molar-refractivity contribution in [3.05, 3.63) is 23.8 Å². The first-order chi connectivity index (χ1) is 9.10. The van der Waals surface area contributed by atoms with Crippen LogP contribution in [0.5, 0.6) is 11.5 Å². The average molecular weight is 267 g/mol. The van der Waals surface area contributed by atoms with Gasteiger partial charge in [-0.2, -0.15) is 0 Å². The summed E-state index contributed by atoms with van der Waals surface area (Å²) in [6.07, 6.45) is 0.481. The molecule has 0 aliphatic carbocycles. The molecule has 19 heavy (non-hydrogen) atoms. The Morgan fingerprint density at radius 1 is 1.42 bits per heavy atom. The highest BCUT2D eigenvalue weighted by molar-refractivity contribution is 5.80. The number of nitrogens with two attached hydrogens (primary N) is 1. The second kappa shape index (κ2) is 7.48. The van der Waals surface area contributed by atoms with Gasteiger partial charge in [0, 0.05) is 30.6 Å². The maximum Gasteiger partial charge on any atom is 0.140 e. The van der Waals surface area contributed by atoms with Crippen LogP contribution in [0, 0.1) is 0 Å². The zero-order valence-corrected chi connectivity index (χ0v) is 11.5. The van der Waals surface area contributed by atoms with Gasteiger partial charge in [0.05, 0.1) is 14.2 Å². The van der Waals surface area contributed by atoms with E-state index < -0.39 is 0 Å². The molecule has 1 aromatic carbocycles. The van der Waals surface area contributed by atoms with Crippen LogP contribution in [0.3, 0.4) is 0 Å². The predicted molar refractivity (Wildman–Crippen MR) is 73.9 cm³/mol. The lowest BCUT2D eigenvalue weighted by atomic mass is 10.1. The van der Waals surface area contributed by atoms with Crippen molar-refractivity contribution in [2.45, 2.75) is 25.9 Å². The summed E-state index contributed by atoms with van der Waals surface area (Å²) in [5.41, 5.74) is 6.48. The molecule has 6 heteroatoms. The Labute approximate surface area is 113 Å². The molecule has 0 fully saturated rings. The van der Waals surface area contributed by atoms with Crippen LogP contribution in [0.25, 0.3) is 0 Å². The number of methoxy groups -OCH3 is 2. The Balaban J connectivity index is 2.62. The molecule has 1 unspecified atom stereocenters. The van der Waals surface area contributed by atoms with Gasteiger partial charge in [0.15, 0.2) is 0 Å². The lowest BCUT2D eigenvalue weighted by molar-refractivity contribution is 0.315. The summed E-state index contributed by atoms with van der Waals surface area (Å²) < 4.78 is 10.5. The molecule has 1 rings (SSSR count). The van der Waals surface area contributed by atoms with Crippen molar-refractivity contribution in [1.82, 2.24) is 5.32 Å². The molecule has 106 valence electrons. The summed E-state index contributed by atoms with van der Waals surface area (Å²) in [6, 6.07) is 5.77. The number of nitrogens with zero attached hydrogens (tertiary/aromatic N) is 1. The number of benzene rings is 1. The first kappa shape index (κ1) is 15.1. The van der Waals surface area contributed by atoms with Crippen LogP contribution in [0.4, 0.5) is 0 Å². The standard InChI is InChI=1S/C13H21N3O3/c1-9(6-13(14)16-17)15-8-10-4-5-11(18-2)7-12(10)19-3/h4-5,7,9,15,17H,6,8H2,1-3H3,(H2,14,16). The molecule has 0 bridgehead atoms. The molecule has 0 amide bonds. The van der Waals surface area contributed by atoms with E-state index in [0.29, 0.717) is 13.0 Å². The van der Waals surface area contributed by atoms with Gasteiger partial charge in [-0.1, -0.05) is 11.2 Å². The highest BCUT2D eigenvalue weighted by Gasteiger charge is 2.08. The van der Waals surface area contributed by atoms with Gasteiger partial charge in [-0.3, -0.25) is 0 Å². The summed E-state index contributed by atoms with van der Waals surface area (Å²) in [6.45, 7) is 2.60. The van der Waals surface area contributed by atoms with Gasteiger partial charge in [0.1, 0.15) is 17.3 Å². The van der Waals surface area contributed by atoms with E-state index >= 15 is 0 Å². The Bertz CT molecular complexity index is 435. The Hall–Kier alpha value is -1.95. The van der Waals surface area contributed by atoms with E-state index in [1.807, 2.05) is 25.1 Å². The predicted octanol–water partition coefficient (Wildman–Crippen LogP) is 1.32. The molecule has 0 radical (unpaired) electrons. The molecule has 0 saturated carbocycles. The number of rotatable bonds is 7. The molecule has 1 aromatic rings. The zero-order chi connectivity index (χ0) is 14.3. The van der Waals surface area contributed by atoms with Gasteiger partial charge >= 0.3 is 0 Å². The second-order valence-electron chi connectivity index (χ2n) is 4.26. The summed E-state index contributed by atoms with van der Waals surface area (Å²) >= 11 is 0. The van der Waals surface area contributed by atoms with Crippen LogP contribution in [-0.4, -0.2) is 31.3 Å². The molecule has 0 aromatic heterocycles. The summed E-state index contributed by atoms with van der Waals surface area (Å²) in [5.74, 6) is 1.73. The monoisotopic (exact) mass is 267 g/mol. The van der Waals surface area contributed by atoms with Crippen LogP contribution < -0.4 is 20.5 Å². The first-order valence-electron chi connectivity index (χ1n) is 6.01. The van der Waals surface area contributed by atoms with Crippen LogP contribution in [0.15, 0.2) is 23.4 Å². The van der Waals surface area contributed by atoms with E-state index in [2.05, 4.69) is 10.5 Å². The van der Waals surface area contributed by atoms with E-state index in [4.69, 9.17) is 20.4 Å². The van der Waals surface area contributed by atoms with Crippen molar-refractivity contribution in [2.24, 2.45) is 10.9 Å². The molecular formula is C13H21N3O3. The third-order valence-electron chi connectivity index (χ3n) is 2.78. The molecule has 1 atom stereocenters. The first-order valence-corrected chi connectivity index (χ1v) is 6.01. The van der Waals surface area contributed by atoms with Gasteiger partial charge in [-0.05, 0) is 13.0 Å². The highest BCUT2D eigenvalue weighted by Crippen LogP contribution is 2.24. The van der Waals surface area contributed by atoms with Gasteiger partial charge in [-0.25, -0.2) is 0 Å². The number of hydrogen-bond acceptors (Lipinski definition) is 5. The maximum atomic E-state index is 8.51. The molecule has 4 N–H and O–H groups in total.